The molecule has 0 bridgehead atoms. The fourth-order valence-corrected chi connectivity index (χ4v) is 3.37. The van der Waals surface area contributed by atoms with E-state index in [9.17, 15) is 9.59 Å². The van der Waals surface area contributed by atoms with Gasteiger partial charge in [-0.15, -0.1) is 0 Å². The molecule has 2 amide bonds. The third-order valence-corrected chi connectivity index (χ3v) is 4.89. The Kier molecular flexibility index (Phi) is 4.64. The molecule has 0 spiro atoms. The van der Waals surface area contributed by atoms with Gasteiger partial charge < -0.3 is 9.30 Å². The summed E-state index contributed by atoms with van der Waals surface area (Å²) < 4.78 is 7.08. The highest BCUT2D eigenvalue weighted by molar-refractivity contribution is 6.08. The summed E-state index contributed by atoms with van der Waals surface area (Å²) >= 11 is 0. The molecule has 146 valence electrons. The third-order valence-electron chi connectivity index (χ3n) is 4.89. The van der Waals surface area contributed by atoms with Gasteiger partial charge in [-0.2, -0.15) is 0 Å². The minimum atomic E-state index is -0.429. The van der Waals surface area contributed by atoms with Gasteiger partial charge in [0.25, 0.3) is 11.8 Å². The van der Waals surface area contributed by atoms with Gasteiger partial charge in [0.2, 0.25) is 0 Å². The lowest BCUT2D eigenvalue weighted by Gasteiger charge is -2.10. The summed E-state index contributed by atoms with van der Waals surface area (Å²) in [5.41, 5.74) is 8.09. The number of pyridine rings is 1. The molecule has 2 aromatic heterocycles. The number of methoxy groups -OCH3 is 1. The summed E-state index contributed by atoms with van der Waals surface area (Å²) in [5.74, 6) is -0.114. The molecule has 2 aromatic carbocycles. The standard InChI is InChI=1S/C22H20N4O3/c1-13-17(10-14-8-9-15(29-3)11-19(14)23-13)21(27)24-25-22(28)18-12-26(2)20-7-5-4-6-16(18)20/h4-12H,1-3H3,(H,24,27)(H,25,28). The van der Waals surface area contributed by atoms with Crippen molar-refractivity contribution in [2.75, 3.05) is 7.11 Å². The fraction of sp³-hybridized carbons (Fsp3) is 0.136. The number of carbonyl (C=O) groups is 2. The van der Waals surface area contributed by atoms with Crippen molar-refractivity contribution in [3.63, 3.8) is 0 Å². The summed E-state index contributed by atoms with van der Waals surface area (Å²) in [6, 6.07) is 14.8. The number of hydrogen-bond donors (Lipinski definition) is 2. The van der Waals surface area contributed by atoms with Gasteiger partial charge in [-0.05, 0) is 31.2 Å². The van der Waals surface area contributed by atoms with Crippen LogP contribution in [0.4, 0.5) is 0 Å². The molecule has 7 heteroatoms. The zero-order valence-corrected chi connectivity index (χ0v) is 16.3. The molecule has 2 heterocycles. The Morgan fingerprint density at radius 2 is 1.72 bits per heavy atom. The number of para-hydroxylation sites is 1. The van der Waals surface area contributed by atoms with E-state index >= 15 is 0 Å². The van der Waals surface area contributed by atoms with E-state index in [1.807, 2.05) is 54.1 Å². The molecule has 0 aliphatic rings. The Balaban J connectivity index is 1.55. The first-order valence-electron chi connectivity index (χ1n) is 9.08. The number of nitrogens with zero attached hydrogens (tertiary/aromatic N) is 2. The summed E-state index contributed by atoms with van der Waals surface area (Å²) in [5, 5.41) is 1.63. The van der Waals surface area contributed by atoms with E-state index < -0.39 is 5.91 Å². The molecular weight excluding hydrogens is 368 g/mol. The second-order valence-corrected chi connectivity index (χ2v) is 6.76. The van der Waals surface area contributed by atoms with Crippen molar-refractivity contribution in [1.82, 2.24) is 20.4 Å². The number of nitrogens with one attached hydrogen (secondary N) is 2. The van der Waals surface area contributed by atoms with Gasteiger partial charge >= 0.3 is 0 Å². The summed E-state index contributed by atoms with van der Waals surface area (Å²) in [6.45, 7) is 1.75. The van der Waals surface area contributed by atoms with Crippen LogP contribution in [0.3, 0.4) is 0 Å². The van der Waals surface area contributed by atoms with Gasteiger partial charge in [-0.1, -0.05) is 18.2 Å². The monoisotopic (exact) mass is 388 g/mol. The van der Waals surface area contributed by atoms with Gasteiger partial charge in [0.1, 0.15) is 5.75 Å². The van der Waals surface area contributed by atoms with Crippen LogP contribution in [-0.2, 0) is 7.05 Å². The second kappa shape index (κ2) is 7.27. The molecule has 0 radical (unpaired) electrons. The Labute approximate surface area is 167 Å². The number of aromatic nitrogens is 2. The molecule has 0 aliphatic carbocycles. The zero-order chi connectivity index (χ0) is 20.5. The van der Waals surface area contributed by atoms with E-state index in [0.29, 0.717) is 22.6 Å². The molecule has 0 saturated heterocycles. The first kappa shape index (κ1) is 18.5. The lowest BCUT2D eigenvalue weighted by Crippen LogP contribution is -2.41. The average molecular weight is 388 g/mol. The highest BCUT2D eigenvalue weighted by atomic mass is 16.5. The number of ether oxygens (including phenoxy) is 1. The number of hydrazine groups is 1. The summed E-state index contributed by atoms with van der Waals surface area (Å²) in [6.07, 6.45) is 1.74. The van der Waals surface area contributed by atoms with Crippen molar-refractivity contribution in [1.29, 1.82) is 0 Å². The maximum Gasteiger partial charge on any atom is 0.271 e. The first-order valence-corrected chi connectivity index (χ1v) is 9.08. The highest BCUT2D eigenvalue weighted by Gasteiger charge is 2.16. The van der Waals surface area contributed by atoms with Crippen LogP contribution in [-0.4, -0.2) is 28.5 Å². The van der Waals surface area contributed by atoms with E-state index in [1.165, 1.54) is 0 Å². The number of rotatable bonds is 3. The first-order chi connectivity index (χ1) is 14.0. The van der Waals surface area contributed by atoms with Gasteiger partial charge in [-0.3, -0.25) is 25.4 Å². The number of hydrogen-bond acceptors (Lipinski definition) is 4. The van der Waals surface area contributed by atoms with Gasteiger partial charge in [0, 0.05) is 35.6 Å². The van der Waals surface area contributed by atoms with Crippen LogP contribution in [0.2, 0.25) is 0 Å². The fourth-order valence-electron chi connectivity index (χ4n) is 3.37. The molecule has 0 unspecified atom stereocenters. The molecule has 4 aromatic rings. The normalized spacial score (nSPS) is 10.9. The van der Waals surface area contributed by atoms with Crippen LogP contribution in [0.1, 0.15) is 26.4 Å². The quantitative estimate of drug-likeness (QED) is 0.528. The summed E-state index contributed by atoms with van der Waals surface area (Å²) in [4.78, 5) is 29.7. The van der Waals surface area contributed by atoms with Crippen LogP contribution in [0.15, 0.2) is 54.7 Å². The molecule has 4 rings (SSSR count). The van der Waals surface area contributed by atoms with Crippen molar-refractivity contribution in [2.45, 2.75) is 6.92 Å². The number of aryl methyl sites for hydroxylation is 2. The van der Waals surface area contributed by atoms with Crippen LogP contribution >= 0.6 is 0 Å². The van der Waals surface area contributed by atoms with Crippen molar-refractivity contribution in [3.8, 4) is 5.75 Å². The predicted octanol–water partition coefficient (Wildman–Crippen LogP) is 3.12. The van der Waals surface area contributed by atoms with Gasteiger partial charge in [-0.25, -0.2) is 0 Å². The van der Waals surface area contributed by atoms with E-state index in [1.54, 1.807) is 26.3 Å². The number of carbonyl (C=O) groups excluding carboxylic acids is 2. The van der Waals surface area contributed by atoms with Crippen LogP contribution in [0, 0.1) is 6.92 Å². The SMILES string of the molecule is COc1ccc2cc(C(=O)NNC(=O)c3cn(C)c4ccccc34)c(C)nc2c1. The Morgan fingerprint density at radius 3 is 2.48 bits per heavy atom. The molecule has 0 aliphatic heterocycles. The minimum absolute atomic E-state index is 0.383. The van der Waals surface area contributed by atoms with Crippen LogP contribution in [0.5, 0.6) is 5.75 Å². The molecule has 0 atom stereocenters. The summed E-state index contributed by atoms with van der Waals surface area (Å²) in [7, 11) is 3.46. The molecule has 29 heavy (non-hydrogen) atoms. The van der Waals surface area contributed by atoms with E-state index in [4.69, 9.17) is 4.74 Å². The van der Waals surface area contributed by atoms with Crippen molar-refractivity contribution >= 4 is 33.6 Å². The number of benzene rings is 2. The molecule has 2 N–H and O–H groups in total. The van der Waals surface area contributed by atoms with Crippen molar-refractivity contribution in [2.24, 2.45) is 7.05 Å². The van der Waals surface area contributed by atoms with Gasteiger partial charge in [0.15, 0.2) is 0 Å². The Bertz CT molecular complexity index is 1260. The minimum Gasteiger partial charge on any atom is -0.497 e. The van der Waals surface area contributed by atoms with Crippen LogP contribution in [0.25, 0.3) is 21.8 Å². The van der Waals surface area contributed by atoms with E-state index in [-0.39, 0.29) is 5.91 Å². The lowest BCUT2D eigenvalue weighted by molar-refractivity contribution is 0.0847. The predicted molar refractivity (Wildman–Crippen MR) is 111 cm³/mol. The molecular formula is C22H20N4O3. The van der Waals surface area contributed by atoms with Crippen molar-refractivity contribution in [3.05, 3.63) is 71.5 Å². The molecule has 0 fully saturated rings. The lowest BCUT2D eigenvalue weighted by atomic mass is 10.1. The maximum atomic E-state index is 12.6. The smallest absolute Gasteiger partial charge is 0.271 e. The number of amides is 2. The Hall–Kier alpha value is -3.87. The maximum absolute atomic E-state index is 12.6. The molecule has 7 nitrogen and oxygen atoms in total. The third kappa shape index (κ3) is 3.38. The largest absolute Gasteiger partial charge is 0.497 e. The van der Waals surface area contributed by atoms with Crippen LogP contribution < -0.4 is 15.6 Å². The van der Waals surface area contributed by atoms with E-state index in [2.05, 4.69) is 15.8 Å². The van der Waals surface area contributed by atoms with E-state index in [0.717, 1.165) is 21.8 Å². The number of fused-ring (bicyclic) bond motifs is 2. The topological polar surface area (TPSA) is 85.3 Å². The van der Waals surface area contributed by atoms with Crippen molar-refractivity contribution < 1.29 is 14.3 Å². The second-order valence-electron chi connectivity index (χ2n) is 6.76. The van der Waals surface area contributed by atoms with Gasteiger partial charge in [0.05, 0.1) is 29.4 Å². The average Bonchev–Trinajstić information content (AvgIpc) is 3.07. The highest BCUT2D eigenvalue weighted by Crippen LogP contribution is 2.22. The Morgan fingerprint density at radius 1 is 1.00 bits per heavy atom. The zero-order valence-electron chi connectivity index (χ0n) is 16.3. The molecule has 0 saturated carbocycles.